The van der Waals surface area contributed by atoms with Crippen molar-refractivity contribution in [1.82, 2.24) is 4.98 Å². The van der Waals surface area contributed by atoms with Gasteiger partial charge in [-0.3, -0.25) is 4.79 Å². The molecule has 1 amide bonds. The fourth-order valence-electron chi connectivity index (χ4n) is 1.33. The Hall–Kier alpha value is -1.43. The fraction of sp³-hybridized carbons (Fsp3) is 0.455. The third-order valence-corrected chi connectivity index (χ3v) is 2.94. The fourth-order valence-corrected chi connectivity index (χ4v) is 1.82. The minimum Gasteiger partial charge on any atom is -0.396 e. The number of hydrogen-bond acceptors (Lipinski definition) is 5. The highest BCUT2D eigenvalue weighted by Crippen LogP contribution is 2.15. The predicted molar refractivity (Wildman–Crippen MR) is 73.3 cm³/mol. The molecule has 1 aromatic heterocycles. The minimum absolute atomic E-state index is 0.228. The lowest BCUT2D eigenvalue weighted by Gasteiger charge is -2.08. The molecular weight excluding hydrogens is 236 g/mol. The molecule has 0 fully saturated rings. The molecule has 0 aliphatic heterocycles. The summed E-state index contributed by atoms with van der Waals surface area (Å²) in [6.45, 7) is 0.792. The molecule has 0 radical (unpaired) electrons. The van der Waals surface area contributed by atoms with Gasteiger partial charge in [0.1, 0.15) is 11.5 Å². The van der Waals surface area contributed by atoms with Gasteiger partial charge in [0.2, 0.25) is 0 Å². The van der Waals surface area contributed by atoms with Gasteiger partial charge >= 0.3 is 0 Å². The number of carbonyl (C=O) groups excluding carboxylic acids is 1. The number of carbonyl (C=O) groups is 1. The number of amides is 1. The first-order chi connectivity index (χ1) is 8.15. The van der Waals surface area contributed by atoms with E-state index in [1.54, 1.807) is 6.07 Å². The van der Waals surface area contributed by atoms with Crippen LogP contribution in [0.15, 0.2) is 12.1 Å². The highest BCUT2D eigenvalue weighted by Gasteiger charge is 2.06. The summed E-state index contributed by atoms with van der Waals surface area (Å²) in [4.78, 5) is 15.0. The van der Waals surface area contributed by atoms with Crippen LogP contribution in [-0.4, -0.2) is 29.4 Å². The number of pyridine rings is 1. The SMILES string of the molecule is CSCCCCNc1nc(C(N)=O)ccc1N. The maximum atomic E-state index is 11.0. The van der Waals surface area contributed by atoms with Crippen LogP contribution in [0.25, 0.3) is 0 Å². The van der Waals surface area contributed by atoms with Crippen molar-refractivity contribution < 1.29 is 4.79 Å². The average molecular weight is 254 g/mol. The van der Waals surface area contributed by atoms with E-state index in [1.807, 2.05) is 11.8 Å². The van der Waals surface area contributed by atoms with Gasteiger partial charge in [-0.2, -0.15) is 11.8 Å². The molecule has 17 heavy (non-hydrogen) atoms. The summed E-state index contributed by atoms with van der Waals surface area (Å²) in [5.41, 5.74) is 11.7. The molecule has 0 spiro atoms. The van der Waals surface area contributed by atoms with Gasteiger partial charge in [-0.15, -0.1) is 0 Å². The molecule has 0 aliphatic carbocycles. The van der Waals surface area contributed by atoms with Crippen LogP contribution in [0.5, 0.6) is 0 Å². The van der Waals surface area contributed by atoms with E-state index < -0.39 is 5.91 Å². The normalized spacial score (nSPS) is 10.2. The summed E-state index contributed by atoms with van der Waals surface area (Å²) in [5.74, 6) is 1.13. The Bertz CT molecular complexity index is 384. The topological polar surface area (TPSA) is 94.0 Å². The molecule has 5 nitrogen and oxygen atoms in total. The van der Waals surface area contributed by atoms with E-state index in [1.165, 1.54) is 6.07 Å². The molecule has 0 saturated heterocycles. The second kappa shape index (κ2) is 7.01. The molecule has 0 saturated carbocycles. The zero-order chi connectivity index (χ0) is 12.7. The van der Waals surface area contributed by atoms with Crippen molar-refractivity contribution in [3.05, 3.63) is 17.8 Å². The van der Waals surface area contributed by atoms with E-state index in [4.69, 9.17) is 11.5 Å². The third-order valence-electron chi connectivity index (χ3n) is 2.25. The lowest BCUT2D eigenvalue weighted by Crippen LogP contribution is -2.15. The summed E-state index contributed by atoms with van der Waals surface area (Å²) in [7, 11) is 0. The number of anilines is 2. The van der Waals surface area contributed by atoms with Crippen molar-refractivity contribution >= 4 is 29.2 Å². The first-order valence-corrected chi connectivity index (χ1v) is 6.83. The van der Waals surface area contributed by atoms with Crippen molar-refractivity contribution in [2.75, 3.05) is 29.6 Å². The Morgan fingerprint density at radius 1 is 1.47 bits per heavy atom. The first-order valence-electron chi connectivity index (χ1n) is 5.44. The molecule has 6 heteroatoms. The van der Waals surface area contributed by atoms with Gasteiger partial charge in [-0.1, -0.05) is 0 Å². The van der Waals surface area contributed by atoms with Crippen LogP contribution in [0.4, 0.5) is 11.5 Å². The van der Waals surface area contributed by atoms with Crippen LogP contribution in [-0.2, 0) is 0 Å². The lowest BCUT2D eigenvalue weighted by atomic mass is 10.3. The Kier molecular flexibility index (Phi) is 5.62. The van der Waals surface area contributed by atoms with Gasteiger partial charge in [0.05, 0.1) is 5.69 Å². The number of aromatic nitrogens is 1. The maximum absolute atomic E-state index is 11.0. The van der Waals surface area contributed by atoms with E-state index in [0.717, 1.165) is 25.1 Å². The third kappa shape index (κ3) is 4.52. The largest absolute Gasteiger partial charge is 0.396 e. The van der Waals surface area contributed by atoms with Gasteiger partial charge in [-0.25, -0.2) is 4.98 Å². The summed E-state index contributed by atoms with van der Waals surface area (Å²) in [6, 6.07) is 3.16. The Morgan fingerprint density at radius 2 is 2.24 bits per heavy atom. The molecule has 0 bridgehead atoms. The van der Waals surface area contributed by atoms with Crippen LogP contribution in [0.2, 0.25) is 0 Å². The Morgan fingerprint density at radius 3 is 2.88 bits per heavy atom. The second-order valence-electron chi connectivity index (χ2n) is 3.63. The zero-order valence-electron chi connectivity index (χ0n) is 9.90. The highest BCUT2D eigenvalue weighted by atomic mass is 32.2. The number of rotatable bonds is 7. The van der Waals surface area contributed by atoms with Crippen molar-refractivity contribution in [1.29, 1.82) is 0 Å². The number of nitrogen functional groups attached to an aromatic ring is 1. The van der Waals surface area contributed by atoms with Gasteiger partial charge in [0.25, 0.3) is 5.91 Å². The summed E-state index contributed by atoms with van der Waals surface area (Å²) in [5, 5.41) is 3.11. The molecule has 0 unspecified atom stereocenters. The molecule has 1 aromatic rings. The van der Waals surface area contributed by atoms with Crippen molar-refractivity contribution in [2.24, 2.45) is 5.73 Å². The van der Waals surface area contributed by atoms with E-state index in [9.17, 15) is 4.79 Å². The molecule has 0 aromatic carbocycles. The predicted octanol–water partition coefficient (Wildman–Crippen LogP) is 1.32. The van der Waals surface area contributed by atoms with Crippen LogP contribution in [0, 0.1) is 0 Å². The number of unbranched alkanes of at least 4 members (excludes halogenated alkanes) is 1. The van der Waals surface area contributed by atoms with E-state index in [-0.39, 0.29) is 5.69 Å². The van der Waals surface area contributed by atoms with Crippen LogP contribution >= 0.6 is 11.8 Å². The van der Waals surface area contributed by atoms with E-state index >= 15 is 0 Å². The van der Waals surface area contributed by atoms with Gasteiger partial charge in [0, 0.05) is 6.54 Å². The molecule has 94 valence electrons. The summed E-state index contributed by atoms with van der Waals surface area (Å²) >= 11 is 1.83. The summed E-state index contributed by atoms with van der Waals surface area (Å²) in [6.07, 6.45) is 4.27. The van der Waals surface area contributed by atoms with Crippen LogP contribution < -0.4 is 16.8 Å². The van der Waals surface area contributed by atoms with Crippen LogP contribution in [0.1, 0.15) is 23.3 Å². The molecule has 1 heterocycles. The highest BCUT2D eigenvalue weighted by molar-refractivity contribution is 7.98. The quantitative estimate of drug-likeness (QED) is 0.638. The van der Waals surface area contributed by atoms with Gasteiger partial charge < -0.3 is 16.8 Å². The van der Waals surface area contributed by atoms with Crippen molar-refractivity contribution in [2.45, 2.75) is 12.8 Å². The summed E-state index contributed by atoms with van der Waals surface area (Å²) < 4.78 is 0. The van der Waals surface area contributed by atoms with Crippen molar-refractivity contribution in [3.63, 3.8) is 0 Å². The minimum atomic E-state index is -0.546. The van der Waals surface area contributed by atoms with Gasteiger partial charge in [-0.05, 0) is 37.0 Å². The lowest BCUT2D eigenvalue weighted by molar-refractivity contribution is 0.0996. The Labute approximate surface area is 105 Å². The number of nitrogens with two attached hydrogens (primary N) is 2. The molecule has 5 N–H and O–H groups in total. The average Bonchev–Trinajstić information content (AvgIpc) is 2.30. The smallest absolute Gasteiger partial charge is 0.267 e. The van der Waals surface area contributed by atoms with Crippen LogP contribution in [0.3, 0.4) is 0 Å². The second-order valence-corrected chi connectivity index (χ2v) is 4.61. The standard InChI is InChI=1S/C11H18N4OS/c1-17-7-3-2-6-14-11-8(12)4-5-9(15-11)10(13)16/h4-5H,2-3,6-7,12H2,1H3,(H2,13,16)(H,14,15). The molecular formula is C11H18N4OS. The number of thioether (sulfide) groups is 1. The van der Waals surface area contributed by atoms with E-state index in [0.29, 0.717) is 11.5 Å². The van der Waals surface area contributed by atoms with Gasteiger partial charge in [0.15, 0.2) is 0 Å². The number of nitrogens with one attached hydrogen (secondary N) is 1. The first kappa shape index (κ1) is 13.6. The number of hydrogen-bond donors (Lipinski definition) is 3. The monoisotopic (exact) mass is 254 g/mol. The van der Waals surface area contributed by atoms with Crippen molar-refractivity contribution in [3.8, 4) is 0 Å². The molecule has 0 atom stereocenters. The molecule has 1 rings (SSSR count). The maximum Gasteiger partial charge on any atom is 0.267 e. The number of primary amides is 1. The number of nitrogens with zero attached hydrogens (tertiary/aromatic N) is 1. The Balaban J connectivity index is 2.51. The zero-order valence-corrected chi connectivity index (χ0v) is 10.7. The van der Waals surface area contributed by atoms with E-state index in [2.05, 4.69) is 16.6 Å². The molecule has 0 aliphatic rings.